The van der Waals surface area contributed by atoms with Crippen LogP contribution >= 0.6 is 11.3 Å². The van der Waals surface area contributed by atoms with E-state index < -0.39 is 0 Å². The lowest BCUT2D eigenvalue weighted by atomic mass is 10.1. The number of ether oxygens (including phenoxy) is 1. The fourth-order valence-electron chi connectivity index (χ4n) is 2.65. The minimum absolute atomic E-state index is 0.0363. The minimum Gasteiger partial charge on any atom is -0.487 e. The topological polar surface area (TPSA) is 45.7 Å². The normalized spacial score (nSPS) is 10.5. The van der Waals surface area contributed by atoms with Crippen LogP contribution in [0.2, 0.25) is 0 Å². The van der Waals surface area contributed by atoms with Crippen molar-refractivity contribution >= 4 is 22.9 Å². The highest BCUT2D eigenvalue weighted by atomic mass is 32.1. The lowest BCUT2D eigenvalue weighted by Gasteiger charge is -2.19. The molecule has 0 saturated heterocycles. The maximum absolute atomic E-state index is 12.8. The first-order valence-corrected chi connectivity index (χ1v) is 9.59. The second kappa shape index (κ2) is 8.68. The Labute approximate surface area is 163 Å². The van der Waals surface area contributed by atoms with Crippen LogP contribution in [0.5, 0.6) is 5.75 Å². The van der Waals surface area contributed by atoms with E-state index >= 15 is 0 Å². The van der Waals surface area contributed by atoms with Crippen molar-refractivity contribution in [3.63, 3.8) is 0 Å². The predicted molar refractivity (Wildman–Crippen MR) is 109 cm³/mol. The van der Waals surface area contributed by atoms with E-state index in [0.717, 1.165) is 16.9 Å². The molecule has 1 amide bonds. The summed E-state index contributed by atoms with van der Waals surface area (Å²) in [5.74, 6) is 0.628. The Kier molecular flexibility index (Phi) is 6.08. The van der Waals surface area contributed by atoms with Gasteiger partial charge in [0.15, 0.2) is 0 Å². The number of carbonyl (C=O) groups excluding carboxylic acids is 1. The van der Waals surface area contributed by atoms with Crippen LogP contribution in [-0.2, 0) is 13.2 Å². The summed E-state index contributed by atoms with van der Waals surface area (Å²) in [7, 11) is 5.83. The lowest BCUT2D eigenvalue weighted by Crippen LogP contribution is -2.26. The third-order valence-electron chi connectivity index (χ3n) is 4.17. The molecular weight excluding hydrogens is 358 g/mol. The van der Waals surface area contributed by atoms with Crippen LogP contribution in [0.3, 0.4) is 0 Å². The van der Waals surface area contributed by atoms with Crippen LogP contribution in [-0.4, -0.2) is 36.9 Å². The molecule has 27 heavy (non-hydrogen) atoms. The van der Waals surface area contributed by atoms with Crippen molar-refractivity contribution in [2.75, 3.05) is 26.0 Å². The summed E-state index contributed by atoms with van der Waals surface area (Å²) >= 11 is 1.54. The van der Waals surface area contributed by atoms with Crippen molar-refractivity contribution in [1.82, 2.24) is 9.88 Å². The molecule has 0 aliphatic heterocycles. The molecule has 0 radical (unpaired) electrons. The van der Waals surface area contributed by atoms with Crippen molar-refractivity contribution in [3.8, 4) is 5.75 Å². The Morgan fingerprint density at radius 2 is 1.89 bits per heavy atom. The Hall–Kier alpha value is -2.86. The monoisotopic (exact) mass is 381 g/mol. The number of anilines is 1. The molecule has 0 aliphatic carbocycles. The molecule has 0 unspecified atom stereocenters. The quantitative estimate of drug-likeness (QED) is 0.619. The molecule has 6 heteroatoms. The highest BCUT2D eigenvalue weighted by Gasteiger charge is 2.13. The molecule has 2 aromatic carbocycles. The first kappa shape index (κ1) is 18.9. The Balaban J connectivity index is 1.63. The standard InChI is InChI=1S/C21H23N3O2S/c1-23(2)19-9-7-16(8-10-19)12-24(3)21(25)17-5-4-6-20(11-17)26-13-18-14-27-15-22-18/h4-11,14-15H,12-13H2,1-3H3. The van der Waals surface area contributed by atoms with Crippen LogP contribution in [0, 0.1) is 0 Å². The number of thiazole rings is 1. The van der Waals surface area contributed by atoms with Crippen LogP contribution in [0.25, 0.3) is 0 Å². The molecule has 0 N–H and O–H groups in total. The first-order chi connectivity index (χ1) is 13.0. The van der Waals surface area contributed by atoms with E-state index in [9.17, 15) is 4.79 Å². The largest absolute Gasteiger partial charge is 0.487 e. The molecule has 0 spiro atoms. The van der Waals surface area contributed by atoms with Gasteiger partial charge in [0.25, 0.3) is 5.91 Å². The number of benzene rings is 2. The van der Waals surface area contributed by atoms with Gasteiger partial charge in [-0.3, -0.25) is 4.79 Å². The van der Waals surface area contributed by atoms with Crippen LogP contribution in [0.1, 0.15) is 21.6 Å². The molecule has 0 bridgehead atoms. The van der Waals surface area contributed by atoms with Crippen LogP contribution < -0.4 is 9.64 Å². The molecule has 140 valence electrons. The zero-order chi connectivity index (χ0) is 19.2. The van der Waals surface area contributed by atoms with Gasteiger partial charge in [0.1, 0.15) is 12.4 Å². The maximum Gasteiger partial charge on any atom is 0.254 e. The second-order valence-electron chi connectivity index (χ2n) is 6.52. The zero-order valence-electron chi connectivity index (χ0n) is 15.8. The van der Waals surface area contributed by atoms with Gasteiger partial charge in [0.2, 0.25) is 0 Å². The fourth-order valence-corrected chi connectivity index (χ4v) is 3.19. The van der Waals surface area contributed by atoms with E-state index in [4.69, 9.17) is 4.74 Å². The van der Waals surface area contributed by atoms with Gasteiger partial charge < -0.3 is 14.5 Å². The molecule has 5 nitrogen and oxygen atoms in total. The summed E-state index contributed by atoms with van der Waals surface area (Å²) in [6, 6.07) is 15.5. The molecule has 0 atom stereocenters. The van der Waals surface area contributed by atoms with Gasteiger partial charge in [0, 0.05) is 44.3 Å². The van der Waals surface area contributed by atoms with Gasteiger partial charge in [-0.15, -0.1) is 11.3 Å². The van der Waals surface area contributed by atoms with Gasteiger partial charge >= 0.3 is 0 Å². The fraction of sp³-hybridized carbons (Fsp3) is 0.238. The number of amides is 1. The molecule has 0 aliphatic rings. The van der Waals surface area contributed by atoms with E-state index in [0.29, 0.717) is 24.5 Å². The first-order valence-electron chi connectivity index (χ1n) is 8.64. The highest BCUT2D eigenvalue weighted by molar-refractivity contribution is 7.07. The lowest BCUT2D eigenvalue weighted by molar-refractivity contribution is 0.0784. The average Bonchev–Trinajstić information content (AvgIpc) is 3.20. The second-order valence-corrected chi connectivity index (χ2v) is 7.24. The van der Waals surface area contributed by atoms with E-state index in [2.05, 4.69) is 22.0 Å². The van der Waals surface area contributed by atoms with Gasteiger partial charge in [-0.05, 0) is 35.9 Å². The van der Waals surface area contributed by atoms with Crippen molar-refractivity contribution in [3.05, 3.63) is 76.2 Å². The Bertz CT molecular complexity index is 877. The van der Waals surface area contributed by atoms with Crippen molar-refractivity contribution < 1.29 is 9.53 Å². The summed E-state index contributed by atoms with van der Waals surface area (Å²) in [5, 5.41) is 1.95. The highest BCUT2D eigenvalue weighted by Crippen LogP contribution is 2.18. The van der Waals surface area contributed by atoms with Gasteiger partial charge in [-0.1, -0.05) is 18.2 Å². The maximum atomic E-state index is 12.8. The van der Waals surface area contributed by atoms with E-state index in [1.54, 1.807) is 16.5 Å². The number of hydrogen-bond donors (Lipinski definition) is 0. The van der Waals surface area contributed by atoms with Crippen LogP contribution in [0.15, 0.2) is 59.4 Å². The number of aromatic nitrogens is 1. The van der Waals surface area contributed by atoms with E-state index in [1.165, 1.54) is 11.3 Å². The summed E-state index contributed by atoms with van der Waals surface area (Å²) < 4.78 is 5.74. The molecule has 1 aromatic heterocycles. The van der Waals surface area contributed by atoms with E-state index in [-0.39, 0.29) is 5.91 Å². The molecule has 3 aromatic rings. The number of rotatable bonds is 7. The molecule has 0 saturated carbocycles. The predicted octanol–water partition coefficient (Wildman–Crippen LogP) is 4.06. The SMILES string of the molecule is CN(Cc1ccc(N(C)C)cc1)C(=O)c1cccc(OCc2cscn2)c1. The van der Waals surface area contributed by atoms with Gasteiger partial charge in [-0.25, -0.2) is 4.98 Å². The summed E-state index contributed by atoms with van der Waals surface area (Å²) in [6.07, 6.45) is 0. The molecule has 1 heterocycles. The minimum atomic E-state index is -0.0363. The number of hydrogen-bond acceptors (Lipinski definition) is 5. The van der Waals surface area contributed by atoms with Crippen molar-refractivity contribution in [2.24, 2.45) is 0 Å². The van der Waals surface area contributed by atoms with Gasteiger partial charge in [-0.2, -0.15) is 0 Å². The number of nitrogens with zero attached hydrogens (tertiary/aromatic N) is 3. The zero-order valence-corrected chi connectivity index (χ0v) is 16.6. The van der Waals surface area contributed by atoms with Crippen LogP contribution in [0.4, 0.5) is 5.69 Å². The summed E-state index contributed by atoms with van der Waals surface area (Å²) in [5.41, 5.74) is 5.50. The van der Waals surface area contributed by atoms with Gasteiger partial charge in [0.05, 0.1) is 11.2 Å². The van der Waals surface area contributed by atoms with E-state index in [1.807, 2.05) is 56.9 Å². The molecule has 3 rings (SSSR count). The smallest absolute Gasteiger partial charge is 0.254 e. The van der Waals surface area contributed by atoms with Crippen molar-refractivity contribution in [1.29, 1.82) is 0 Å². The Morgan fingerprint density at radius 1 is 1.11 bits per heavy atom. The summed E-state index contributed by atoms with van der Waals surface area (Å²) in [6.45, 7) is 0.950. The van der Waals surface area contributed by atoms with Crippen molar-refractivity contribution in [2.45, 2.75) is 13.2 Å². The molecular formula is C21H23N3O2S. The number of carbonyl (C=O) groups is 1. The summed E-state index contributed by atoms with van der Waals surface area (Å²) in [4.78, 5) is 20.7. The molecule has 0 fully saturated rings. The average molecular weight is 382 g/mol. The third-order valence-corrected chi connectivity index (χ3v) is 4.81. The third kappa shape index (κ3) is 5.08. The Morgan fingerprint density at radius 3 is 2.56 bits per heavy atom.